The molecular weight excluding hydrogens is 1040 g/mol. The predicted octanol–water partition coefficient (Wildman–Crippen LogP) is 12.7. The number of carbonyl (C=O) groups excluding carboxylic acids is 4. The monoisotopic (exact) mass is 1110 g/mol. The largest absolute Gasteiger partial charge is 0.494 e. The highest BCUT2D eigenvalue weighted by atomic mass is 79.9. The second-order valence-electron chi connectivity index (χ2n) is 21.6. The molecule has 2 atom stereocenters. The van der Waals surface area contributed by atoms with Crippen LogP contribution in [0.4, 0.5) is 18.4 Å². The fourth-order valence-electron chi connectivity index (χ4n) is 8.03. The highest BCUT2D eigenvalue weighted by Gasteiger charge is 2.52. The third-order valence-corrected chi connectivity index (χ3v) is 13.4. The van der Waals surface area contributed by atoms with E-state index in [9.17, 15) is 24.4 Å². The third-order valence-electron chi connectivity index (χ3n) is 12.1. The molecule has 14 nitrogen and oxygen atoms in total. The van der Waals surface area contributed by atoms with Gasteiger partial charge in [-0.2, -0.15) is 10.5 Å². The molecule has 1 heterocycles. The summed E-state index contributed by atoms with van der Waals surface area (Å²) in [7, 11) is -0.720. The van der Waals surface area contributed by atoms with Gasteiger partial charge in [0.25, 0.3) is 0 Å². The maximum absolute atomic E-state index is 15.3. The van der Waals surface area contributed by atoms with Crippen molar-refractivity contribution in [1.29, 1.82) is 10.5 Å². The van der Waals surface area contributed by atoms with Crippen LogP contribution in [0.25, 0.3) is 11.1 Å². The number of hydrogen-bond acceptors (Lipinski definition) is 12. The highest BCUT2D eigenvalue weighted by Crippen LogP contribution is 2.38. The molecule has 0 aromatic heterocycles. The predicted molar refractivity (Wildman–Crippen MR) is 293 cm³/mol. The zero-order valence-electron chi connectivity index (χ0n) is 47.3. The van der Waals surface area contributed by atoms with E-state index in [4.69, 9.17) is 33.5 Å². The van der Waals surface area contributed by atoms with E-state index >= 15 is 8.78 Å². The Hall–Kier alpha value is -6.34. The van der Waals surface area contributed by atoms with Gasteiger partial charge in [-0.1, -0.05) is 28.1 Å². The molecule has 2 N–H and O–H groups in total. The minimum Gasteiger partial charge on any atom is -0.466 e. The number of aryl methyl sites for hydroxylation is 6. The Morgan fingerprint density at radius 1 is 0.618 bits per heavy atom. The molecule has 4 aromatic rings. The van der Waals surface area contributed by atoms with Crippen LogP contribution in [0.3, 0.4) is 0 Å². The van der Waals surface area contributed by atoms with Gasteiger partial charge in [-0.3, -0.25) is 9.59 Å². The van der Waals surface area contributed by atoms with Gasteiger partial charge >= 0.3 is 31.2 Å². The summed E-state index contributed by atoms with van der Waals surface area (Å²) < 4.78 is 64.5. The number of nitrogens with zero attached hydrogens (tertiary/aromatic N) is 2. The van der Waals surface area contributed by atoms with Gasteiger partial charge in [0.1, 0.15) is 22.8 Å². The summed E-state index contributed by atoms with van der Waals surface area (Å²) in [5, 5.41) is 23.1. The van der Waals surface area contributed by atoms with Crippen LogP contribution in [-0.4, -0.2) is 66.9 Å². The maximum atomic E-state index is 15.3. The van der Waals surface area contributed by atoms with E-state index < -0.39 is 77.4 Å². The molecule has 0 bridgehead atoms. The maximum Gasteiger partial charge on any atom is 0.494 e. The Balaban J connectivity index is 0.000000333. The molecule has 0 aliphatic carbocycles. The van der Waals surface area contributed by atoms with E-state index in [1.807, 2.05) is 67.5 Å². The first kappa shape index (κ1) is 64.0. The Kier molecular flexibility index (Phi) is 22.4. The molecule has 18 heteroatoms. The molecule has 0 radical (unpaired) electrons. The topological polar surface area (TPSA) is 195 Å². The van der Waals surface area contributed by atoms with E-state index in [-0.39, 0.29) is 37.2 Å². The van der Waals surface area contributed by atoms with Crippen LogP contribution in [-0.2, 0) is 37.8 Å². The molecule has 1 saturated heterocycles. The summed E-state index contributed by atoms with van der Waals surface area (Å²) in [4.78, 5) is 49.4. The normalized spacial score (nSPS) is 14.2. The summed E-state index contributed by atoms with van der Waals surface area (Å²) in [6.45, 7) is 32.7. The van der Waals surface area contributed by atoms with Crippen molar-refractivity contribution >= 4 is 52.6 Å². The van der Waals surface area contributed by atoms with Gasteiger partial charge in [0.15, 0.2) is 0 Å². The lowest BCUT2D eigenvalue weighted by molar-refractivity contribution is -0.144. The molecule has 1 fully saturated rings. The van der Waals surface area contributed by atoms with Gasteiger partial charge in [-0.15, -0.1) is 0 Å². The Morgan fingerprint density at radius 2 is 0.987 bits per heavy atom. The van der Waals surface area contributed by atoms with Crippen LogP contribution >= 0.6 is 15.9 Å². The first-order chi connectivity index (χ1) is 35.1. The van der Waals surface area contributed by atoms with Gasteiger partial charge < -0.3 is 38.9 Å². The number of alkyl carbamates (subject to hydrolysis) is 2. The average Bonchev–Trinajstić information content (AvgIpc) is 3.51. The Morgan fingerprint density at radius 3 is 1.36 bits per heavy atom. The van der Waals surface area contributed by atoms with E-state index in [1.165, 1.54) is 0 Å². The fourth-order valence-corrected chi connectivity index (χ4v) is 8.26. The standard InChI is InChI=1S/C26H31FN2O4.C23H35BFNO6.C9H8BrN/c1-8-32-22(30)13-21(29-25(31)33-26(5,6)7)20-12-19(11-17(4)24(20)27)23-15(2)9-18(14-28)10-16(23)3;1-10-29-18(27)13-17(26-20(28)30-21(3,4)5)16-12-15(11-14(2)19(16)25)24-31-22(6,7)23(8,9)32-24;1-6-3-8(5-11)4-7(2)9(6)10/h9-12,21H,8,13H2,1-7H3,(H,29,31);11-12,17H,10,13H2,1-9H3,(H,26,28);3-4H,1-2H3/t21-;17-;/m00./s1. The molecule has 76 heavy (non-hydrogen) atoms. The number of nitrogens with one attached hydrogen (secondary N) is 2. The lowest BCUT2D eigenvalue weighted by Gasteiger charge is -2.32. The number of benzene rings is 4. The lowest BCUT2D eigenvalue weighted by atomic mass is 9.76. The Bertz CT molecular complexity index is 2800. The van der Waals surface area contributed by atoms with Crippen molar-refractivity contribution in [3.05, 3.63) is 120 Å². The molecule has 4 aromatic carbocycles. The summed E-state index contributed by atoms with van der Waals surface area (Å²) >= 11 is 3.43. The first-order valence-corrected chi connectivity index (χ1v) is 25.8. The zero-order valence-corrected chi connectivity index (χ0v) is 48.9. The number of ether oxygens (including phenoxy) is 4. The highest BCUT2D eigenvalue weighted by molar-refractivity contribution is 9.10. The molecular formula is C58H74BBrF2N4O10. The van der Waals surface area contributed by atoms with Crippen molar-refractivity contribution in [2.75, 3.05) is 13.2 Å². The van der Waals surface area contributed by atoms with Crippen molar-refractivity contribution in [1.82, 2.24) is 10.6 Å². The number of carbonyl (C=O) groups is 4. The van der Waals surface area contributed by atoms with Crippen molar-refractivity contribution in [2.45, 2.75) is 172 Å². The summed E-state index contributed by atoms with van der Waals surface area (Å²) in [5.41, 5.74) is 5.76. The summed E-state index contributed by atoms with van der Waals surface area (Å²) in [5.74, 6) is -2.18. The van der Waals surface area contributed by atoms with Gasteiger partial charge in [0, 0.05) is 15.6 Å². The first-order valence-electron chi connectivity index (χ1n) is 25.0. The van der Waals surface area contributed by atoms with Crippen LogP contribution in [0.1, 0.15) is 164 Å². The second-order valence-corrected chi connectivity index (χ2v) is 22.4. The molecule has 2 amide bonds. The SMILES string of the molecule is CCOC(=O)C[C@H](NC(=O)OC(C)(C)C)c1cc(-c2c(C)cc(C#N)cc2C)cc(C)c1F.CCOC(=O)C[C@H](NC(=O)OC(C)(C)C)c1cc(B2OC(C)(C)C(C)(C)O2)cc(C)c1F.Cc1cc(C#N)cc(C)c1Br. The van der Waals surface area contributed by atoms with Crippen molar-refractivity contribution in [2.24, 2.45) is 0 Å². The van der Waals surface area contributed by atoms with Crippen molar-refractivity contribution in [3.63, 3.8) is 0 Å². The molecule has 0 spiro atoms. The van der Waals surface area contributed by atoms with E-state index in [2.05, 4.69) is 38.7 Å². The number of rotatable bonds is 12. The number of amides is 2. The Labute approximate surface area is 456 Å². The van der Waals surface area contributed by atoms with Gasteiger partial charge in [0.2, 0.25) is 0 Å². The number of hydrogen-bond donors (Lipinski definition) is 2. The molecule has 0 saturated carbocycles. The van der Waals surface area contributed by atoms with Crippen LogP contribution in [0.5, 0.6) is 0 Å². The minimum absolute atomic E-state index is 0.133. The van der Waals surface area contributed by atoms with Crippen LogP contribution in [0.15, 0.2) is 53.0 Å². The van der Waals surface area contributed by atoms with Gasteiger partial charge in [-0.05, 0) is 211 Å². The lowest BCUT2D eigenvalue weighted by Crippen LogP contribution is -2.41. The van der Waals surface area contributed by atoms with Crippen LogP contribution in [0.2, 0.25) is 0 Å². The molecule has 410 valence electrons. The van der Waals surface area contributed by atoms with E-state index in [0.29, 0.717) is 22.2 Å². The van der Waals surface area contributed by atoms with Crippen molar-refractivity contribution < 1.29 is 56.2 Å². The molecule has 1 aliphatic heterocycles. The van der Waals surface area contributed by atoms with Crippen LogP contribution < -0.4 is 16.1 Å². The number of halogens is 3. The molecule has 0 unspecified atom stereocenters. The smallest absolute Gasteiger partial charge is 0.466 e. The quantitative estimate of drug-likeness (QED) is 0.0775. The molecule has 5 rings (SSSR count). The summed E-state index contributed by atoms with van der Waals surface area (Å²) in [6.07, 6.45) is -2.02. The number of esters is 2. The summed E-state index contributed by atoms with van der Waals surface area (Å²) in [6, 6.07) is 16.1. The second kappa shape index (κ2) is 26.6. The minimum atomic E-state index is -0.995. The third kappa shape index (κ3) is 18.2. The van der Waals surface area contributed by atoms with E-state index in [0.717, 1.165) is 43.4 Å². The van der Waals surface area contributed by atoms with Gasteiger partial charge in [-0.25, -0.2) is 18.4 Å². The fraction of sp³-hybridized carbons (Fsp3) is 0.483. The van der Waals surface area contributed by atoms with Gasteiger partial charge in [0.05, 0.1) is 72.6 Å². The number of nitriles is 2. The van der Waals surface area contributed by atoms with E-state index in [1.54, 1.807) is 106 Å². The van der Waals surface area contributed by atoms with Crippen molar-refractivity contribution in [3.8, 4) is 23.3 Å². The average molecular weight is 1120 g/mol. The zero-order chi connectivity index (χ0) is 57.8. The van der Waals surface area contributed by atoms with Crippen LogP contribution in [0, 0.1) is 75.8 Å². The molecule has 1 aliphatic rings.